The van der Waals surface area contributed by atoms with Crippen LogP contribution in [0.15, 0.2) is 30.3 Å². The van der Waals surface area contributed by atoms with Gasteiger partial charge in [0.1, 0.15) is 0 Å². The Bertz CT molecular complexity index is 407. The number of benzene rings is 1. The number of rotatable bonds is 9. The van der Waals surface area contributed by atoms with E-state index >= 15 is 0 Å². The van der Waals surface area contributed by atoms with E-state index in [4.69, 9.17) is 5.21 Å². The molecule has 0 heterocycles. The fraction of sp³-hybridized carbons (Fsp3) is 0.467. The molecule has 0 bridgehead atoms. The Balaban J connectivity index is 1.99. The molecule has 0 atom stereocenters. The Hall–Kier alpha value is -1.88. The molecule has 0 spiro atoms. The lowest BCUT2D eigenvalue weighted by Gasteiger charge is -2.05. The standard InChI is InChI=1S/C15H22N2O3/c18-14(11-10-13-7-3-1-4-8-13)16-12-6-2-5-9-15(19)17-20/h1,3-4,7-8,20H,2,5-6,9-12H2,(H,16,18)(H,17,19). The van der Waals surface area contributed by atoms with E-state index in [0.717, 1.165) is 24.8 Å². The van der Waals surface area contributed by atoms with E-state index in [1.54, 1.807) is 5.48 Å². The maximum absolute atomic E-state index is 11.6. The quantitative estimate of drug-likeness (QED) is 0.366. The van der Waals surface area contributed by atoms with Crippen molar-refractivity contribution in [1.29, 1.82) is 0 Å². The number of amides is 2. The molecule has 110 valence electrons. The maximum Gasteiger partial charge on any atom is 0.243 e. The number of hydrogen-bond acceptors (Lipinski definition) is 3. The topological polar surface area (TPSA) is 78.4 Å². The van der Waals surface area contributed by atoms with Crippen LogP contribution in [0.2, 0.25) is 0 Å². The highest BCUT2D eigenvalue weighted by Gasteiger charge is 2.02. The van der Waals surface area contributed by atoms with Gasteiger partial charge in [0.15, 0.2) is 0 Å². The second kappa shape index (κ2) is 9.97. The van der Waals surface area contributed by atoms with Crippen molar-refractivity contribution < 1.29 is 14.8 Å². The molecule has 0 saturated carbocycles. The molecule has 0 aliphatic carbocycles. The van der Waals surface area contributed by atoms with Gasteiger partial charge in [-0.1, -0.05) is 36.8 Å². The van der Waals surface area contributed by atoms with Crippen molar-refractivity contribution in [2.24, 2.45) is 0 Å². The van der Waals surface area contributed by atoms with Crippen LogP contribution >= 0.6 is 0 Å². The van der Waals surface area contributed by atoms with E-state index in [1.165, 1.54) is 0 Å². The Morgan fingerprint density at radius 2 is 1.70 bits per heavy atom. The molecule has 0 aliphatic heterocycles. The second-order valence-corrected chi connectivity index (χ2v) is 4.68. The Morgan fingerprint density at radius 3 is 2.40 bits per heavy atom. The number of unbranched alkanes of at least 4 members (excludes halogenated alkanes) is 2. The number of hydrogen-bond donors (Lipinski definition) is 3. The largest absolute Gasteiger partial charge is 0.356 e. The Morgan fingerprint density at radius 1 is 0.950 bits per heavy atom. The zero-order valence-corrected chi connectivity index (χ0v) is 11.6. The summed E-state index contributed by atoms with van der Waals surface area (Å²) >= 11 is 0. The van der Waals surface area contributed by atoms with Gasteiger partial charge in [-0.15, -0.1) is 0 Å². The number of nitrogens with one attached hydrogen (secondary N) is 2. The number of aryl methyl sites for hydroxylation is 1. The SMILES string of the molecule is O=C(CCCCCNC(=O)CCc1ccccc1)NO. The maximum atomic E-state index is 11.6. The molecule has 2 amide bonds. The van der Waals surface area contributed by atoms with Gasteiger partial charge in [-0.2, -0.15) is 0 Å². The van der Waals surface area contributed by atoms with Crippen LogP contribution in [0, 0.1) is 0 Å². The van der Waals surface area contributed by atoms with Crippen molar-refractivity contribution >= 4 is 11.8 Å². The highest BCUT2D eigenvalue weighted by molar-refractivity contribution is 5.76. The average molecular weight is 278 g/mol. The highest BCUT2D eigenvalue weighted by Crippen LogP contribution is 2.02. The predicted molar refractivity (Wildman–Crippen MR) is 76.2 cm³/mol. The molecular formula is C15H22N2O3. The van der Waals surface area contributed by atoms with Gasteiger partial charge in [-0.3, -0.25) is 14.8 Å². The van der Waals surface area contributed by atoms with Gasteiger partial charge in [-0.05, 0) is 24.8 Å². The van der Waals surface area contributed by atoms with E-state index < -0.39 is 0 Å². The van der Waals surface area contributed by atoms with E-state index in [-0.39, 0.29) is 11.8 Å². The zero-order valence-electron chi connectivity index (χ0n) is 11.6. The summed E-state index contributed by atoms with van der Waals surface area (Å²) in [6, 6.07) is 9.92. The van der Waals surface area contributed by atoms with Crippen molar-refractivity contribution in [3.63, 3.8) is 0 Å². The molecule has 1 aromatic rings. The average Bonchev–Trinajstić information content (AvgIpc) is 2.49. The van der Waals surface area contributed by atoms with Crippen LogP contribution in [0.1, 0.15) is 37.7 Å². The minimum atomic E-state index is -0.364. The van der Waals surface area contributed by atoms with E-state index in [9.17, 15) is 9.59 Å². The molecule has 0 unspecified atom stereocenters. The normalized spacial score (nSPS) is 10.1. The molecule has 0 aliphatic rings. The van der Waals surface area contributed by atoms with Crippen LogP contribution in [0.5, 0.6) is 0 Å². The number of carbonyl (C=O) groups excluding carboxylic acids is 2. The minimum absolute atomic E-state index is 0.0574. The van der Waals surface area contributed by atoms with Crippen LogP contribution < -0.4 is 10.8 Å². The third-order valence-corrected chi connectivity index (χ3v) is 3.01. The molecule has 5 heteroatoms. The Kier molecular flexibility index (Phi) is 8.07. The van der Waals surface area contributed by atoms with Gasteiger partial charge in [0.2, 0.25) is 11.8 Å². The third-order valence-electron chi connectivity index (χ3n) is 3.01. The molecule has 1 aromatic carbocycles. The van der Waals surface area contributed by atoms with Crippen molar-refractivity contribution in [2.75, 3.05) is 6.54 Å². The first-order chi connectivity index (χ1) is 9.72. The van der Waals surface area contributed by atoms with E-state index in [0.29, 0.717) is 25.8 Å². The molecule has 1 rings (SSSR count). The lowest BCUT2D eigenvalue weighted by molar-refractivity contribution is -0.129. The molecule has 5 nitrogen and oxygen atoms in total. The summed E-state index contributed by atoms with van der Waals surface area (Å²) in [5.41, 5.74) is 2.76. The van der Waals surface area contributed by atoms with Crippen LogP contribution in [0.3, 0.4) is 0 Å². The first-order valence-corrected chi connectivity index (χ1v) is 6.96. The number of carbonyl (C=O) groups is 2. The second-order valence-electron chi connectivity index (χ2n) is 4.68. The highest BCUT2D eigenvalue weighted by atomic mass is 16.5. The molecule has 0 radical (unpaired) electrons. The van der Waals surface area contributed by atoms with E-state index in [1.807, 2.05) is 30.3 Å². The van der Waals surface area contributed by atoms with Crippen LogP contribution in [-0.2, 0) is 16.0 Å². The summed E-state index contributed by atoms with van der Waals surface area (Å²) in [6.07, 6.45) is 3.98. The zero-order chi connectivity index (χ0) is 14.6. The first kappa shape index (κ1) is 16.2. The summed E-state index contributed by atoms with van der Waals surface area (Å²) in [5.74, 6) is -0.307. The van der Waals surface area contributed by atoms with Crippen molar-refractivity contribution in [1.82, 2.24) is 10.8 Å². The molecule has 0 fully saturated rings. The van der Waals surface area contributed by atoms with Gasteiger partial charge in [-0.25, -0.2) is 5.48 Å². The summed E-state index contributed by atoms with van der Waals surface area (Å²) in [5, 5.41) is 11.2. The number of hydroxylamine groups is 1. The summed E-state index contributed by atoms with van der Waals surface area (Å²) in [6.45, 7) is 0.633. The van der Waals surface area contributed by atoms with Crippen molar-refractivity contribution in [3.05, 3.63) is 35.9 Å². The van der Waals surface area contributed by atoms with Crippen LogP contribution in [-0.4, -0.2) is 23.6 Å². The van der Waals surface area contributed by atoms with E-state index in [2.05, 4.69) is 5.32 Å². The monoisotopic (exact) mass is 278 g/mol. The summed E-state index contributed by atoms with van der Waals surface area (Å²) in [4.78, 5) is 22.3. The van der Waals surface area contributed by atoms with Crippen LogP contribution in [0.4, 0.5) is 0 Å². The molecule has 0 aromatic heterocycles. The molecule has 20 heavy (non-hydrogen) atoms. The Labute approximate surface area is 119 Å². The smallest absolute Gasteiger partial charge is 0.243 e. The first-order valence-electron chi connectivity index (χ1n) is 6.96. The van der Waals surface area contributed by atoms with Crippen molar-refractivity contribution in [3.8, 4) is 0 Å². The van der Waals surface area contributed by atoms with Gasteiger partial charge in [0, 0.05) is 19.4 Å². The van der Waals surface area contributed by atoms with Gasteiger partial charge < -0.3 is 5.32 Å². The molecule has 3 N–H and O–H groups in total. The van der Waals surface area contributed by atoms with Gasteiger partial charge in [0.05, 0.1) is 0 Å². The third kappa shape index (κ3) is 7.53. The fourth-order valence-electron chi connectivity index (χ4n) is 1.86. The van der Waals surface area contributed by atoms with Crippen LogP contribution in [0.25, 0.3) is 0 Å². The van der Waals surface area contributed by atoms with Gasteiger partial charge >= 0.3 is 0 Å². The minimum Gasteiger partial charge on any atom is -0.356 e. The molecule has 0 saturated heterocycles. The van der Waals surface area contributed by atoms with Crippen molar-refractivity contribution in [2.45, 2.75) is 38.5 Å². The predicted octanol–water partition coefficient (Wildman–Crippen LogP) is 1.80. The lowest BCUT2D eigenvalue weighted by Crippen LogP contribution is -2.24. The summed E-state index contributed by atoms with van der Waals surface area (Å²) < 4.78 is 0. The molecular weight excluding hydrogens is 256 g/mol. The lowest BCUT2D eigenvalue weighted by atomic mass is 10.1. The fourth-order valence-corrected chi connectivity index (χ4v) is 1.86. The van der Waals surface area contributed by atoms with Gasteiger partial charge in [0.25, 0.3) is 0 Å². The summed E-state index contributed by atoms with van der Waals surface area (Å²) in [7, 11) is 0.